The van der Waals surface area contributed by atoms with Crippen molar-refractivity contribution in [2.75, 3.05) is 0 Å². The van der Waals surface area contributed by atoms with Crippen molar-refractivity contribution in [1.29, 1.82) is 0 Å². The predicted octanol–water partition coefficient (Wildman–Crippen LogP) is 3.53. The number of thiophene rings is 1. The van der Waals surface area contributed by atoms with Crippen molar-refractivity contribution in [2.24, 2.45) is 0 Å². The van der Waals surface area contributed by atoms with Crippen LogP contribution in [0.5, 0.6) is 0 Å². The molecule has 0 unspecified atom stereocenters. The Kier molecular flexibility index (Phi) is 2.44. The third-order valence-corrected chi connectivity index (χ3v) is 3.23. The molecule has 2 nitrogen and oxygen atoms in total. The summed E-state index contributed by atoms with van der Waals surface area (Å²) in [6, 6.07) is 3.46. The summed E-state index contributed by atoms with van der Waals surface area (Å²) in [5.74, 6) is 0.224. The van der Waals surface area contributed by atoms with Gasteiger partial charge in [0.15, 0.2) is 5.76 Å². The van der Waals surface area contributed by atoms with Crippen molar-refractivity contribution in [3.05, 3.63) is 45.0 Å². The maximum Gasteiger partial charge on any atom is 0.239 e. The van der Waals surface area contributed by atoms with Crippen molar-refractivity contribution in [1.82, 2.24) is 0 Å². The number of carbonyl (C=O) groups excluding carboxylic acids is 1. The number of furan rings is 1. The fraction of sp³-hybridized carbons (Fsp3) is 0.100. The van der Waals surface area contributed by atoms with Gasteiger partial charge in [-0.3, -0.25) is 4.79 Å². The molecule has 0 N–H and O–H groups in total. The summed E-state index contributed by atoms with van der Waals surface area (Å²) < 4.78 is 5.10. The van der Waals surface area contributed by atoms with E-state index in [0.717, 1.165) is 5.56 Å². The molecule has 0 aliphatic rings. The van der Waals surface area contributed by atoms with Gasteiger partial charge >= 0.3 is 0 Å². The van der Waals surface area contributed by atoms with Crippen molar-refractivity contribution < 1.29 is 9.21 Å². The molecule has 2 aromatic heterocycles. The lowest BCUT2D eigenvalue weighted by Crippen LogP contribution is -1.98. The average Bonchev–Trinajstić information content (AvgIpc) is 2.73. The number of carbonyl (C=O) groups is 1. The third kappa shape index (κ3) is 1.49. The molecule has 0 atom stereocenters. The van der Waals surface area contributed by atoms with Gasteiger partial charge in [0.1, 0.15) is 0 Å². The summed E-state index contributed by atoms with van der Waals surface area (Å²) in [5, 5.41) is 2.27. The molecule has 0 aliphatic heterocycles. The fourth-order valence-corrected chi connectivity index (χ4v) is 2.24. The minimum absolute atomic E-state index is 0.146. The Bertz CT molecular complexity index is 428. The van der Waals surface area contributed by atoms with E-state index in [1.54, 1.807) is 17.5 Å². The van der Waals surface area contributed by atoms with E-state index in [9.17, 15) is 4.79 Å². The van der Waals surface area contributed by atoms with Crippen molar-refractivity contribution in [3.8, 4) is 0 Å². The average molecular weight is 227 g/mol. The predicted molar refractivity (Wildman–Crippen MR) is 56.2 cm³/mol. The van der Waals surface area contributed by atoms with Gasteiger partial charge in [-0.1, -0.05) is 11.6 Å². The van der Waals surface area contributed by atoms with Gasteiger partial charge in [-0.15, -0.1) is 11.3 Å². The molecule has 14 heavy (non-hydrogen) atoms. The molecular formula is C10H7ClO2S. The van der Waals surface area contributed by atoms with Crippen LogP contribution >= 0.6 is 22.9 Å². The van der Waals surface area contributed by atoms with Gasteiger partial charge in [0.05, 0.1) is 16.2 Å². The first-order valence-electron chi connectivity index (χ1n) is 4.02. The minimum Gasteiger partial charge on any atom is -0.461 e. The van der Waals surface area contributed by atoms with Crippen LogP contribution in [0.1, 0.15) is 21.0 Å². The molecule has 72 valence electrons. The first kappa shape index (κ1) is 9.49. The highest BCUT2D eigenvalue weighted by Crippen LogP contribution is 2.26. The summed E-state index contributed by atoms with van der Waals surface area (Å²) in [6.07, 6.45) is 1.50. The molecule has 0 saturated carbocycles. The molecule has 0 amide bonds. The van der Waals surface area contributed by atoms with E-state index in [0.29, 0.717) is 15.7 Å². The van der Waals surface area contributed by atoms with Gasteiger partial charge in [0.25, 0.3) is 0 Å². The van der Waals surface area contributed by atoms with Crippen LogP contribution in [0.3, 0.4) is 0 Å². The minimum atomic E-state index is -0.146. The van der Waals surface area contributed by atoms with Crippen LogP contribution < -0.4 is 0 Å². The Morgan fingerprint density at radius 2 is 2.29 bits per heavy atom. The van der Waals surface area contributed by atoms with Crippen molar-refractivity contribution in [2.45, 2.75) is 6.92 Å². The van der Waals surface area contributed by atoms with Gasteiger partial charge in [-0.2, -0.15) is 0 Å². The van der Waals surface area contributed by atoms with E-state index in [1.165, 1.54) is 17.6 Å². The van der Waals surface area contributed by atoms with Gasteiger partial charge in [0.2, 0.25) is 5.78 Å². The summed E-state index contributed by atoms with van der Waals surface area (Å²) in [5.41, 5.74) is 0.833. The number of halogens is 1. The molecule has 0 bridgehead atoms. The lowest BCUT2D eigenvalue weighted by Gasteiger charge is -1.95. The summed E-state index contributed by atoms with van der Waals surface area (Å²) in [4.78, 5) is 12.4. The molecule has 0 aromatic carbocycles. The van der Waals surface area contributed by atoms with Crippen LogP contribution in [-0.2, 0) is 0 Å². The van der Waals surface area contributed by atoms with Crippen LogP contribution in [0.4, 0.5) is 0 Å². The number of aryl methyl sites for hydroxylation is 1. The molecule has 2 aromatic rings. The van der Waals surface area contributed by atoms with Crippen LogP contribution in [-0.4, -0.2) is 5.78 Å². The summed E-state index contributed by atoms with van der Waals surface area (Å²) in [7, 11) is 0. The van der Waals surface area contributed by atoms with Gasteiger partial charge in [-0.25, -0.2) is 0 Å². The zero-order chi connectivity index (χ0) is 10.1. The quantitative estimate of drug-likeness (QED) is 0.734. The van der Waals surface area contributed by atoms with Crippen LogP contribution in [0, 0.1) is 6.92 Å². The number of hydrogen-bond acceptors (Lipinski definition) is 3. The molecule has 4 heteroatoms. The van der Waals surface area contributed by atoms with E-state index < -0.39 is 0 Å². The number of hydrogen-bond donors (Lipinski definition) is 0. The lowest BCUT2D eigenvalue weighted by molar-refractivity contribution is 0.101. The monoisotopic (exact) mass is 226 g/mol. The van der Waals surface area contributed by atoms with Gasteiger partial charge in [0, 0.05) is 0 Å². The maximum atomic E-state index is 11.8. The Morgan fingerprint density at radius 3 is 2.79 bits per heavy atom. The smallest absolute Gasteiger partial charge is 0.239 e. The second-order valence-corrected chi connectivity index (χ2v) is 4.18. The molecule has 2 heterocycles. The van der Waals surface area contributed by atoms with E-state index in [1.807, 2.05) is 6.92 Å². The lowest BCUT2D eigenvalue weighted by atomic mass is 10.2. The third-order valence-electron chi connectivity index (χ3n) is 1.89. The second-order valence-electron chi connectivity index (χ2n) is 2.86. The topological polar surface area (TPSA) is 30.2 Å². The molecule has 0 aliphatic carbocycles. The Morgan fingerprint density at radius 1 is 1.50 bits per heavy atom. The normalized spacial score (nSPS) is 10.4. The van der Waals surface area contributed by atoms with Gasteiger partial charge < -0.3 is 4.42 Å². The van der Waals surface area contributed by atoms with E-state index >= 15 is 0 Å². The van der Waals surface area contributed by atoms with E-state index in [-0.39, 0.29) is 5.78 Å². The van der Waals surface area contributed by atoms with E-state index in [4.69, 9.17) is 16.0 Å². The van der Waals surface area contributed by atoms with E-state index in [2.05, 4.69) is 0 Å². The Balaban J connectivity index is 2.44. The standard InChI is InChI=1S/C10H7ClO2S/c1-6-2-4-13-9(6)8(12)10-7(11)3-5-14-10/h2-5H,1H3. The molecule has 2 rings (SSSR count). The molecule has 0 fully saturated rings. The highest BCUT2D eigenvalue weighted by Gasteiger charge is 2.18. The van der Waals surface area contributed by atoms with Crippen molar-refractivity contribution >= 4 is 28.7 Å². The van der Waals surface area contributed by atoms with Crippen molar-refractivity contribution in [3.63, 3.8) is 0 Å². The zero-order valence-electron chi connectivity index (χ0n) is 7.41. The molecule has 0 saturated heterocycles. The first-order chi connectivity index (χ1) is 6.70. The Labute approximate surface area is 90.1 Å². The van der Waals surface area contributed by atoms with Crippen LogP contribution in [0.15, 0.2) is 28.2 Å². The van der Waals surface area contributed by atoms with Crippen LogP contribution in [0.25, 0.3) is 0 Å². The Hall–Kier alpha value is -1.06. The number of ketones is 1. The SMILES string of the molecule is Cc1ccoc1C(=O)c1sccc1Cl. The molecular weight excluding hydrogens is 220 g/mol. The summed E-state index contributed by atoms with van der Waals surface area (Å²) in [6.45, 7) is 1.83. The van der Waals surface area contributed by atoms with Gasteiger partial charge in [-0.05, 0) is 30.0 Å². The zero-order valence-corrected chi connectivity index (χ0v) is 8.98. The fourth-order valence-electron chi connectivity index (χ4n) is 1.16. The number of rotatable bonds is 2. The second kappa shape index (κ2) is 3.59. The molecule has 0 radical (unpaired) electrons. The van der Waals surface area contributed by atoms with Crippen LogP contribution in [0.2, 0.25) is 5.02 Å². The maximum absolute atomic E-state index is 11.8. The highest BCUT2D eigenvalue weighted by molar-refractivity contribution is 7.13. The highest BCUT2D eigenvalue weighted by atomic mass is 35.5. The molecule has 0 spiro atoms. The first-order valence-corrected chi connectivity index (χ1v) is 5.27. The summed E-state index contributed by atoms with van der Waals surface area (Å²) >= 11 is 7.17. The largest absolute Gasteiger partial charge is 0.461 e.